The van der Waals surface area contributed by atoms with Crippen molar-refractivity contribution in [1.82, 2.24) is 4.90 Å². The molecule has 0 bridgehead atoms. The van der Waals surface area contributed by atoms with Crippen molar-refractivity contribution < 1.29 is 19.4 Å². The van der Waals surface area contributed by atoms with E-state index in [1.54, 1.807) is 6.07 Å². The van der Waals surface area contributed by atoms with Crippen LogP contribution in [0.25, 0.3) is 0 Å². The number of nitrogens with one attached hydrogen (secondary N) is 1. The number of carbonyl (C=O) groups excluding carboxylic acids is 1. The van der Waals surface area contributed by atoms with Crippen LogP contribution < -0.4 is 5.32 Å². The SMILES string of the molecule is COC(=O)C1(CCNc2ccccc2Cl)CCCN1C(=O)O. The lowest BCUT2D eigenvalue weighted by atomic mass is 9.92. The number of hydrogen-bond acceptors (Lipinski definition) is 4. The van der Waals surface area contributed by atoms with E-state index >= 15 is 0 Å². The van der Waals surface area contributed by atoms with Crippen molar-refractivity contribution in [2.75, 3.05) is 25.5 Å². The fraction of sp³-hybridized carbons (Fsp3) is 0.467. The van der Waals surface area contributed by atoms with Gasteiger partial charge in [0.25, 0.3) is 0 Å². The van der Waals surface area contributed by atoms with Crippen LogP contribution in [0.2, 0.25) is 5.02 Å². The number of carbonyl (C=O) groups is 2. The van der Waals surface area contributed by atoms with Crippen molar-refractivity contribution in [3.8, 4) is 0 Å². The normalized spacial score (nSPS) is 20.7. The molecule has 1 aliphatic heterocycles. The van der Waals surface area contributed by atoms with Crippen LogP contribution in [0, 0.1) is 0 Å². The lowest BCUT2D eigenvalue weighted by molar-refractivity contribution is -0.152. The molecule has 0 spiro atoms. The summed E-state index contributed by atoms with van der Waals surface area (Å²) in [6.45, 7) is 0.763. The molecule has 1 aliphatic rings. The van der Waals surface area contributed by atoms with Crippen LogP contribution in [0.4, 0.5) is 10.5 Å². The molecular formula is C15H19ClN2O4. The number of carboxylic acid groups (broad SMARTS) is 1. The van der Waals surface area contributed by atoms with Crippen LogP contribution in [0.1, 0.15) is 19.3 Å². The Balaban J connectivity index is 2.10. The summed E-state index contributed by atoms with van der Waals surface area (Å²) >= 11 is 6.06. The van der Waals surface area contributed by atoms with E-state index < -0.39 is 17.6 Å². The number of benzene rings is 1. The summed E-state index contributed by atoms with van der Waals surface area (Å²) in [5.41, 5.74) is -0.362. The summed E-state index contributed by atoms with van der Waals surface area (Å²) in [4.78, 5) is 24.8. The minimum atomic E-state index is -1.12. The lowest BCUT2D eigenvalue weighted by Gasteiger charge is -2.34. The Morgan fingerprint density at radius 1 is 1.45 bits per heavy atom. The van der Waals surface area contributed by atoms with Gasteiger partial charge < -0.3 is 15.2 Å². The minimum absolute atomic E-state index is 0.331. The summed E-state index contributed by atoms with van der Waals surface area (Å²) in [6, 6.07) is 7.27. The van der Waals surface area contributed by atoms with Crippen LogP contribution in [-0.2, 0) is 9.53 Å². The van der Waals surface area contributed by atoms with Gasteiger partial charge in [-0.2, -0.15) is 0 Å². The van der Waals surface area contributed by atoms with Gasteiger partial charge in [-0.15, -0.1) is 0 Å². The molecule has 0 aliphatic carbocycles. The topological polar surface area (TPSA) is 78.9 Å². The van der Waals surface area contributed by atoms with Crippen LogP contribution >= 0.6 is 11.6 Å². The smallest absolute Gasteiger partial charge is 0.408 e. The Morgan fingerprint density at radius 2 is 2.18 bits per heavy atom. The molecule has 1 aromatic carbocycles. The average Bonchev–Trinajstić information content (AvgIpc) is 2.93. The first kappa shape index (κ1) is 16.4. The molecule has 1 fully saturated rings. The van der Waals surface area contributed by atoms with Gasteiger partial charge in [0, 0.05) is 13.1 Å². The molecule has 1 amide bonds. The minimum Gasteiger partial charge on any atom is -0.467 e. The summed E-state index contributed by atoms with van der Waals surface area (Å²) in [6.07, 6.45) is 0.349. The largest absolute Gasteiger partial charge is 0.467 e. The van der Waals surface area contributed by atoms with E-state index in [0.29, 0.717) is 37.4 Å². The van der Waals surface area contributed by atoms with Gasteiger partial charge in [-0.25, -0.2) is 9.59 Å². The average molecular weight is 327 g/mol. The number of nitrogens with zero attached hydrogens (tertiary/aromatic N) is 1. The third kappa shape index (κ3) is 3.11. The van der Waals surface area contributed by atoms with E-state index in [-0.39, 0.29) is 0 Å². The van der Waals surface area contributed by atoms with Crippen molar-refractivity contribution in [3.05, 3.63) is 29.3 Å². The molecule has 2 N–H and O–H groups in total. The van der Waals surface area contributed by atoms with Crippen molar-refractivity contribution in [1.29, 1.82) is 0 Å². The molecule has 22 heavy (non-hydrogen) atoms. The zero-order valence-electron chi connectivity index (χ0n) is 12.3. The first-order chi connectivity index (χ1) is 10.5. The van der Waals surface area contributed by atoms with Crippen LogP contribution in [0.3, 0.4) is 0 Å². The number of para-hydroxylation sites is 1. The highest BCUT2D eigenvalue weighted by Gasteiger charge is 2.50. The fourth-order valence-electron chi connectivity index (χ4n) is 2.93. The lowest BCUT2D eigenvalue weighted by Crippen LogP contribution is -2.54. The molecule has 0 radical (unpaired) electrons. The van der Waals surface area contributed by atoms with Crippen LogP contribution in [0.5, 0.6) is 0 Å². The Labute approximate surface area is 134 Å². The number of likely N-dealkylation sites (tertiary alicyclic amines) is 1. The number of esters is 1. The highest BCUT2D eigenvalue weighted by molar-refractivity contribution is 6.33. The van der Waals surface area contributed by atoms with Crippen LogP contribution in [0.15, 0.2) is 24.3 Å². The fourth-order valence-corrected chi connectivity index (χ4v) is 3.13. The zero-order chi connectivity index (χ0) is 16.2. The Morgan fingerprint density at radius 3 is 2.82 bits per heavy atom. The number of rotatable bonds is 5. The van der Waals surface area contributed by atoms with Gasteiger partial charge in [-0.1, -0.05) is 23.7 Å². The highest BCUT2D eigenvalue weighted by Crippen LogP contribution is 2.34. The zero-order valence-corrected chi connectivity index (χ0v) is 13.1. The molecule has 120 valence electrons. The molecule has 1 heterocycles. The summed E-state index contributed by atoms with van der Waals surface area (Å²) in [5, 5.41) is 13.1. The Bertz CT molecular complexity index is 566. The maximum atomic E-state index is 12.2. The second-order valence-electron chi connectivity index (χ2n) is 5.22. The van der Waals surface area contributed by atoms with Gasteiger partial charge in [0.15, 0.2) is 0 Å². The van der Waals surface area contributed by atoms with Gasteiger partial charge in [-0.05, 0) is 31.4 Å². The first-order valence-electron chi connectivity index (χ1n) is 7.08. The molecule has 0 saturated carbocycles. The maximum Gasteiger partial charge on any atom is 0.408 e. The predicted octanol–water partition coefficient (Wildman–Crippen LogP) is 2.83. The molecule has 1 saturated heterocycles. The van der Waals surface area contributed by atoms with Crippen molar-refractivity contribution in [3.63, 3.8) is 0 Å². The molecule has 1 unspecified atom stereocenters. The second-order valence-corrected chi connectivity index (χ2v) is 5.62. The third-order valence-corrected chi connectivity index (χ3v) is 4.34. The second kappa shape index (κ2) is 6.87. The molecular weight excluding hydrogens is 308 g/mol. The molecule has 1 atom stereocenters. The predicted molar refractivity (Wildman–Crippen MR) is 83.3 cm³/mol. The summed E-state index contributed by atoms with van der Waals surface area (Å²) < 4.78 is 4.85. The van der Waals surface area contributed by atoms with Gasteiger partial charge in [-0.3, -0.25) is 4.90 Å². The molecule has 0 aromatic heterocycles. The van der Waals surface area contributed by atoms with Gasteiger partial charge in [0.1, 0.15) is 5.54 Å². The maximum absolute atomic E-state index is 12.2. The van der Waals surface area contributed by atoms with Crippen molar-refractivity contribution in [2.24, 2.45) is 0 Å². The standard InChI is InChI=1S/C15H19ClN2O4/c1-22-13(19)15(7-4-10-18(15)14(20)21)8-9-17-12-6-3-2-5-11(12)16/h2-3,5-6,17H,4,7-10H2,1H3,(H,20,21). The van der Waals surface area contributed by atoms with Crippen molar-refractivity contribution in [2.45, 2.75) is 24.8 Å². The number of ether oxygens (including phenoxy) is 1. The van der Waals surface area contributed by atoms with E-state index in [0.717, 1.165) is 5.69 Å². The number of anilines is 1. The Kier molecular flexibility index (Phi) is 5.13. The van der Waals surface area contributed by atoms with Crippen LogP contribution in [-0.4, -0.2) is 47.8 Å². The van der Waals surface area contributed by atoms with E-state index in [1.807, 2.05) is 18.2 Å². The van der Waals surface area contributed by atoms with Crippen molar-refractivity contribution >= 4 is 29.4 Å². The van der Waals surface area contributed by atoms with Gasteiger partial charge in [0.05, 0.1) is 17.8 Å². The molecule has 7 heteroatoms. The first-order valence-corrected chi connectivity index (χ1v) is 7.46. The molecule has 6 nitrogen and oxygen atoms in total. The molecule has 2 rings (SSSR count). The van der Waals surface area contributed by atoms with E-state index in [1.165, 1.54) is 12.0 Å². The summed E-state index contributed by atoms with van der Waals surface area (Å²) in [5.74, 6) is -0.506. The monoisotopic (exact) mass is 326 g/mol. The summed E-state index contributed by atoms with van der Waals surface area (Å²) in [7, 11) is 1.28. The Hall–Kier alpha value is -1.95. The van der Waals surface area contributed by atoms with E-state index in [4.69, 9.17) is 16.3 Å². The number of halogens is 1. The number of methoxy groups -OCH3 is 1. The number of hydrogen-bond donors (Lipinski definition) is 2. The van der Waals surface area contributed by atoms with Gasteiger partial charge >= 0.3 is 12.1 Å². The van der Waals surface area contributed by atoms with E-state index in [2.05, 4.69) is 5.32 Å². The van der Waals surface area contributed by atoms with E-state index in [9.17, 15) is 14.7 Å². The molecule has 1 aromatic rings. The van der Waals surface area contributed by atoms with Gasteiger partial charge in [0.2, 0.25) is 0 Å². The number of amides is 1. The highest BCUT2D eigenvalue weighted by atomic mass is 35.5. The quantitative estimate of drug-likeness (QED) is 0.813. The third-order valence-electron chi connectivity index (χ3n) is 4.01.